The van der Waals surface area contributed by atoms with Gasteiger partial charge in [0.15, 0.2) is 0 Å². The van der Waals surface area contributed by atoms with Crippen LogP contribution in [0.1, 0.15) is 20.3 Å². The number of nitrogens with zero attached hydrogens (tertiary/aromatic N) is 4. The Morgan fingerprint density at radius 1 is 1.12 bits per heavy atom. The maximum absolute atomic E-state index is 5.77. The lowest BCUT2D eigenvalue weighted by molar-refractivity contribution is 0.357. The topological polar surface area (TPSA) is 83.7 Å². The number of piperidine rings is 1. The summed E-state index contributed by atoms with van der Waals surface area (Å²) in [5, 5.41) is 1.11. The third kappa shape index (κ3) is 2.58. The number of aromatic amines is 1. The van der Waals surface area contributed by atoms with Crippen LogP contribution in [0.2, 0.25) is 0 Å². The number of hydrogen-bond acceptors (Lipinski definition) is 5. The van der Waals surface area contributed by atoms with Crippen LogP contribution in [0.25, 0.3) is 22.3 Å². The smallest absolute Gasteiger partial charge is 0.220 e. The SMILES string of the molecule is CC1CC(C)CN(c2ccnc3[nH]cc(-c4ccnc(N)n4)c23)C1. The van der Waals surface area contributed by atoms with E-state index < -0.39 is 0 Å². The number of aromatic nitrogens is 4. The summed E-state index contributed by atoms with van der Waals surface area (Å²) in [5.41, 5.74) is 9.70. The predicted molar refractivity (Wildman–Crippen MR) is 96.7 cm³/mol. The Hall–Kier alpha value is -2.63. The zero-order valence-corrected chi connectivity index (χ0v) is 14.0. The van der Waals surface area contributed by atoms with E-state index in [9.17, 15) is 0 Å². The monoisotopic (exact) mass is 322 g/mol. The van der Waals surface area contributed by atoms with E-state index >= 15 is 0 Å². The van der Waals surface area contributed by atoms with E-state index in [1.54, 1.807) is 6.20 Å². The second-order valence-electron chi connectivity index (χ2n) is 6.91. The zero-order chi connectivity index (χ0) is 16.7. The van der Waals surface area contributed by atoms with Gasteiger partial charge in [-0.3, -0.25) is 0 Å². The molecule has 6 heteroatoms. The molecule has 4 heterocycles. The first-order valence-electron chi connectivity index (χ1n) is 8.41. The molecule has 1 saturated heterocycles. The lowest BCUT2D eigenvalue weighted by Gasteiger charge is -2.37. The minimum Gasteiger partial charge on any atom is -0.370 e. The quantitative estimate of drug-likeness (QED) is 0.757. The summed E-state index contributed by atoms with van der Waals surface area (Å²) in [6, 6.07) is 3.99. The van der Waals surface area contributed by atoms with Crippen LogP contribution in [0.15, 0.2) is 30.7 Å². The molecule has 3 N–H and O–H groups in total. The Labute approximate surface area is 141 Å². The number of nitrogens with one attached hydrogen (secondary N) is 1. The molecule has 3 aromatic rings. The highest BCUT2D eigenvalue weighted by molar-refractivity contribution is 6.02. The van der Waals surface area contributed by atoms with Crippen molar-refractivity contribution in [3.63, 3.8) is 0 Å². The van der Waals surface area contributed by atoms with Gasteiger partial charge in [0, 0.05) is 42.9 Å². The van der Waals surface area contributed by atoms with Crippen LogP contribution in [0.3, 0.4) is 0 Å². The third-order valence-corrected chi connectivity index (χ3v) is 4.71. The standard InChI is InChI=1S/C18H22N6/c1-11-7-12(2)10-24(9-11)15-4-6-20-17-16(15)13(8-22-17)14-3-5-21-18(19)23-14/h3-6,8,11-12H,7,9-10H2,1-2H3,(H,20,22)(H2,19,21,23). The van der Waals surface area contributed by atoms with Gasteiger partial charge in [0.2, 0.25) is 5.95 Å². The molecule has 24 heavy (non-hydrogen) atoms. The fourth-order valence-corrected chi connectivity index (χ4v) is 3.89. The van der Waals surface area contributed by atoms with E-state index in [1.165, 1.54) is 12.1 Å². The largest absolute Gasteiger partial charge is 0.370 e. The summed E-state index contributed by atoms with van der Waals surface area (Å²) in [5.74, 6) is 1.66. The Morgan fingerprint density at radius 2 is 1.88 bits per heavy atom. The van der Waals surface area contributed by atoms with E-state index in [2.05, 4.69) is 44.7 Å². The molecule has 6 nitrogen and oxygen atoms in total. The van der Waals surface area contributed by atoms with E-state index in [4.69, 9.17) is 5.73 Å². The fourth-order valence-electron chi connectivity index (χ4n) is 3.89. The van der Waals surface area contributed by atoms with Crippen molar-refractivity contribution in [1.29, 1.82) is 0 Å². The van der Waals surface area contributed by atoms with Crippen molar-refractivity contribution >= 4 is 22.7 Å². The molecule has 0 aliphatic carbocycles. The van der Waals surface area contributed by atoms with Gasteiger partial charge in [-0.2, -0.15) is 0 Å². The average molecular weight is 322 g/mol. The van der Waals surface area contributed by atoms with Gasteiger partial charge in [-0.15, -0.1) is 0 Å². The van der Waals surface area contributed by atoms with E-state index in [1.807, 2.05) is 18.5 Å². The van der Waals surface area contributed by atoms with Crippen LogP contribution in [0, 0.1) is 11.8 Å². The summed E-state index contributed by atoms with van der Waals surface area (Å²) in [7, 11) is 0. The Morgan fingerprint density at radius 3 is 2.62 bits per heavy atom. The molecule has 4 rings (SSSR count). The summed E-state index contributed by atoms with van der Waals surface area (Å²) >= 11 is 0. The third-order valence-electron chi connectivity index (χ3n) is 4.71. The first-order valence-corrected chi connectivity index (χ1v) is 8.41. The second-order valence-corrected chi connectivity index (χ2v) is 6.91. The lowest BCUT2D eigenvalue weighted by atomic mass is 9.91. The number of H-pyrrole nitrogens is 1. The Balaban J connectivity index is 1.86. The van der Waals surface area contributed by atoms with Crippen molar-refractivity contribution in [2.75, 3.05) is 23.7 Å². The highest BCUT2D eigenvalue weighted by Gasteiger charge is 2.24. The molecular weight excluding hydrogens is 300 g/mol. The number of anilines is 2. The highest BCUT2D eigenvalue weighted by atomic mass is 15.1. The molecular formula is C18H22N6. The van der Waals surface area contributed by atoms with Crippen molar-refractivity contribution in [3.05, 3.63) is 30.7 Å². The fraction of sp³-hybridized carbons (Fsp3) is 0.389. The van der Waals surface area contributed by atoms with Crippen LogP contribution in [0.4, 0.5) is 11.6 Å². The van der Waals surface area contributed by atoms with Gasteiger partial charge in [-0.1, -0.05) is 13.8 Å². The summed E-state index contributed by atoms with van der Waals surface area (Å²) in [6.45, 7) is 6.79. The number of nitrogens with two attached hydrogens (primary N) is 1. The molecule has 1 fully saturated rings. The summed E-state index contributed by atoms with van der Waals surface area (Å²) in [4.78, 5) is 18.6. The second kappa shape index (κ2) is 5.78. The number of pyridine rings is 1. The lowest BCUT2D eigenvalue weighted by Crippen LogP contribution is -2.38. The van der Waals surface area contributed by atoms with Crippen LogP contribution >= 0.6 is 0 Å². The summed E-state index contributed by atoms with van der Waals surface area (Å²) < 4.78 is 0. The molecule has 0 amide bonds. The number of rotatable bonds is 2. The van der Waals surface area contributed by atoms with Crippen LogP contribution in [-0.4, -0.2) is 33.0 Å². The molecule has 2 atom stereocenters. The molecule has 1 aliphatic rings. The van der Waals surface area contributed by atoms with E-state index in [0.29, 0.717) is 11.8 Å². The molecule has 0 bridgehead atoms. The Bertz CT molecular complexity index is 861. The van der Waals surface area contributed by atoms with Gasteiger partial charge < -0.3 is 15.6 Å². The maximum atomic E-state index is 5.77. The average Bonchev–Trinajstić information content (AvgIpc) is 2.98. The minimum absolute atomic E-state index is 0.285. The van der Waals surface area contributed by atoms with Crippen LogP contribution < -0.4 is 10.6 Å². The number of nitrogen functional groups attached to an aromatic ring is 1. The number of hydrogen-bond donors (Lipinski definition) is 2. The van der Waals surface area contributed by atoms with Crippen molar-refractivity contribution in [1.82, 2.24) is 19.9 Å². The normalized spacial score (nSPS) is 21.3. The Kier molecular flexibility index (Phi) is 3.59. The van der Waals surface area contributed by atoms with Crippen LogP contribution in [0.5, 0.6) is 0 Å². The van der Waals surface area contributed by atoms with Gasteiger partial charge >= 0.3 is 0 Å². The van der Waals surface area contributed by atoms with E-state index in [0.717, 1.165) is 35.4 Å². The predicted octanol–water partition coefficient (Wildman–Crippen LogP) is 3.08. The summed E-state index contributed by atoms with van der Waals surface area (Å²) in [6.07, 6.45) is 6.81. The van der Waals surface area contributed by atoms with Crippen molar-refractivity contribution in [3.8, 4) is 11.3 Å². The first kappa shape index (κ1) is 14.9. The van der Waals surface area contributed by atoms with Gasteiger partial charge in [0.1, 0.15) is 5.65 Å². The van der Waals surface area contributed by atoms with Gasteiger partial charge in [0.05, 0.1) is 11.1 Å². The molecule has 0 radical (unpaired) electrons. The van der Waals surface area contributed by atoms with Gasteiger partial charge in [-0.05, 0) is 30.4 Å². The van der Waals surface area contributed by atoms with Crippen molar-refractivity contribution < 1.29 is 0 Å². The molecule has 1 aliphatic heterocycles. The molecule has 2 unspecified atom stereocenters. The van der Waals surface area contributed by atoms with E-state index in [-0.39, 0.29) is 5.95 Å². The van der Waals surface area contributed by atoms with Gasteiger partial charge in [0.25, 0.3) is 0 Å². The van der Waals surface area contributed by atoms with Gasteiger partial charge in [-0.25, -0.2) is 15.0 Å². The van der Waals surface area contributed by atoms with Crippen molar-refractivity contribution in [2.24, 2.45) is 11.8 Å². The molecule has 0 spiro atoms. The van der Waals surface area contributed by atoms with Crippen molar-refractivity contribution in [2.45, 2.75) is 20.3 Å². The first-order chi connectivity index (χ1) is 11.6. The number of fused-ring (bicyclic) bond motifs is 1. The zero-order valence-electron chi connectivity index (χ0n) is 14.0. The molecule has 3 aromatic heterocycles. The highest BCUT2D eigenvalue weighted by Crippen LogP contribution is 2.36. The van der Waals surface area contributed by atoms with Crippen LogP contribution in [-0.2, 0) is 0 Å². The molecule has 0 saturated carbocycles. The molecule has 124 valence electrons. The molecule has 0 aromatic carbocycles. The maximum Gasteiger partial charge on any atom is 0.220 e. The minimum atomic E-state index is 0.285.